The van der Waals surface area contributed by atoms with Crippen molar-refractivity contribution in [3.63, 3.8) is 0 Å². The van der Waals surface area contributed by atoms with Crippen molar-refractivity contribution >= 4 is 5.91 Å². The second-order valence-electron chi connectivity index (χ2n) is 7.80. The Balaban J connectivity index is 1.94. The van der Waals surface area contributed by atoms with Gasteiger partial charge in [0, 0.05) is 6.54 Å². The van der Waals surface area contributed by atoms with Gasteiger partial charge in [-0.1, -0.05) is 53.4 Å². The van der Waals surface area contributed by atoms with Crippen LogP contribution < -0.4 is 5.32 Å². The summed E-state index contributed by atoms with van der Waals surface area (Å²) in [6.45, 7) is 9.81. The first-order chi connectivity index (χ1) is 10.0. The minimum absolute atomic E-state index is 0.0423. The van der Waals surface area contributed by atoms with Gasteiger partial charge in [-0.3, -0.25) is 10.1 Å². The normalized spacial score (nSPS) is 27.5. The summed E-state index contributed by atoms with van der Waals surface area (Å²) in [5.41, 5.74) is 0. The van der Waals surface area contributed by atoms with Gasteiger partial charge in [0.05, 0.1) is 12.2 Å². The maximum absolute atomic E-state index is 12.7. The van der Waals surface area contributed by atoms with E-state index >= 15 is 0 Å². The molecule has 2 unspecified atom stereocenters. The van der Waals surface area contributed by atoms with E-state index in [1.54, 1.807) is 0 Å². The Morgan fingerprint density at radius 3 is 2.38 bits per heavy atom. The number of nitrogens with one attached hydrogen (secondary N) is 1. The van der Waals surface area contributed by atoms with Crippen LogP contribution in [0.2, 0.25) is 0 Å². The number of carbonyl (C=O) groups is 1. The molecule has 1 N–H and O–H groups in total. The van der Waals surface area contributed by atoms with Crippen LogP contribution in [-0.2, 0) is 4.79 Å². The molecule has 1 aliphatic heterocycles. The topological polar surface area (TPSA) is 32.3 Å². The predicted octanol–water partition coefficient (Wildman–Crippen LogP) is 3.79. The van der Waals surface area contributed by atoms with Crippen molar-refractivity contribution in [2.24, 2.45) is 17.8 Å². The lowest BCUT2D eigenvalue weighted by Gasteiger charge is -2.29. The van der Waals surface area contributed by atoms with E-state index in [1.807, 2.05) is 0 Å². The lowest BCUT2D eigenvalue weighted by atomic mass is 10.0. The van der Waals surface area contributed by atoms with Crippen molar-refractivity contribution in [1.82, 2.24) is 10.2 Å². The summed E-state index contributed by atoms with van der Waals surface area (Å²) < 4.78 is 0. The molecule has 2 rings (SSSR count). The van der Waals surface area contributed by atoms with Crippen LogP contribution in [0.25, 0.3) is 0 Å². The fourth-order valence-corrected chi connectivity index (χ4v) is 3.89. The highest BCUT2D eigenvalue weighted by Crippen LogP contribution is 2.33. The van der Waals surface area contributed by atoms with Gasteiger partial charge in [0.1, 0.15) is 0 Å². The Morgan fingerprint density at radius 1 is 1.14 bits per heavy atom. The minimum atomic E-state index is 0.0423. The Hall–Kier alpha value is -0.570. The van der Waals surface area contributed by atoms with Gasteiger partial charge in [0.15, 0.2) is 0 Å². The molecular weight excluding hydrogens is 260 g/mol. The van der Waals surface area contributed by atoms with Gasteiger partial charge in [0.25, 0.3) is 0 Å². The molecule has 2 aliphatic rings. The van der Waals surface area contributed by atoms with Gasteiger partial charge in [-0.25, -0.2) is 0 Å². The zero-order chi connectivity index (χ0) is 15.4. The summed E-state index contributed by atoms with van der Waals surface area (Å²) in [5.74, 6) is 2.20. The first-order valence-corrected chi connectivity index (χ1v) is 9.07. The molecule has 1 amide bonds. The molecule has 2 atom stereocenters. The standard InChI is InChI=1S/C18H34N2O/c1-13(2)9-7-8-12-20-17(15-10-5-6-11-15)19-16(14(3)4)18(20)21/h13-17,19H,5-12H2,1-4H3. The Kier molecular flexibility index (Phi) is 6.09. The smallest absolute Gasteiger partial charge is 0.241 e. The largest absolute Gasteiger partial charge is 0.326 e. The van der Waals surface area contributed by atoms with Crippen LogP contribution in [0.15, 0.2) is 0 Å². The molecule has 0 bridgehead atoms. The monoisotopic (exact) mass is 294 g/mol. The second kappa shape index (κ2) is 7.62. The SMILES string of the molecule is CC(C)CCCCN1C(=O)C(C(C)C)NC1C1CCCC1. The number of hydrogen-bond acceptors (Lipinski definition) is 2. The van der Waals surface area contributed by atoms with Gasteiger partial charge >= 0.3 is 0 Å². The maximum atomic E-state index is 12.7. The summed E-state index contributed by atoms with van der Waals surface area (Å²) in [7, 11) is 0. The molecule has 0 spiro atoms. The summed E-state index contributed by atoms with van der Waals surface area (Å²) in [4.78, 5) is 14.9. The molecule has 1 saturated carbocycles. The Bertz CT molecular complexity index is 334. The van der Waals surface area contributed by atoms with Crippen LogP contribution >= 0.6 is 0 Å². The second-order valence-corrected chi connectivity index (χ2v) is 7.80. The fraction of sp³-hybridized carbons (Fsp3) is 0.944. The molecule has 0 aromatic carbocycles. The van der Waals surface area contributed by atoms with Crippen molar-refractivity contribution < 1.29 is 4.79 Å². The summed E-state index contributed by atoms with van der Waals surface area (Å²) >= 11 is 0. The first kappa shape index (κ1) is 16.8. The van der Waals surface area contributed by atoms with Crippen molar-refractivity contribution in [2.45, 2.75) is 84.8 Å². The Labute approximate surface area is 130 Å². The van der Waals surface area contributed by atoms with Gasteiger partial charge in [0.2, 0.25) is 5.91 Å². The van der Waals surface area contributed by atoms with Crippen molar-refractivity contribution in [3.05, 3.63) is 0 Å². The molecule has 0 radical (unpaired) electrons. The molecule has 1 aliphatic carbocycles. The lowest BCUT2D eigenvalue weighted by molar-refractivity contribution is -0.131. The van der Waals surface area contributed by atoms with E-state index in [1.165, 1.54) is 38.5 Å². The summed E-state index contributed by atoms with van der Waals surface area (Å²) in [5, 5.41) is 3.66. The van der Waals surface area contributed by atoms with Crippen LogP contribution in [0.5, 0.6) is 0 Å². The third kappa shape index (κ3) is 4.21. The predicted molar refractivity (Wildman–Crippen MR) is 87.9 cm³/mol. The number of carbonyl (C=O) groups excluding carboxylic acids is 1. The molecule has 122 valence electrons. The average molecular weight is 294 g/mol. The van der Waals surface area contributed by atoms with Crippen LogP contribution in [0.1, 0.15) is 72.6 Å². The molecule has 0 aromatic heterocycles. The minimum Gasteiger partial charge on any atom is -0.326 e. The zero-order valence-electron chi connectivity index (χ0n) is 14.4. The van der Waals surface area contributed by atoms with Crippen LogP contribution in [0.4, 0.5) is 0 Å². The molecule has 2 fully saturated rings. The third-order valence-electron chi connectivity index (χ3n) is 5.18. The molecule has 1 saturated heterocycles. The van der Waals surface area contributed by atoms with Crippen molar-refractivity contribution in [2.75, 3.05) is 6.54 Å². The van der Waals surface area contributed by atoms with E-state index in [2.05, 4.69) is 37.9 Å². The molecule has 1 heterocycles. The van der Waals surface area contributed by atoms with Gasteiger partial charge in [-0.05, 0) is 37.0 Å². The number of nitrogens with zero attached hydrogens (tertiary/aromatic N) is 1. The van der Waals surface area contributed by atoms with E-state index in [9.17, 15) is 4.79 Å². The number of rotatable bonds is 7. The van der Waals surface area contributed by atoms with Gasteiger partial charge in [-0.2, -0.15) is 0 Å². The highest BCUT2D eigenvalue weighted by molar-refractivity contribution is 5.84. The zero-order valence-corrected chi connectivity index (χ0v) is 14.4. The molecular formula is C18H34N2O. The first-order valence-electron chi connectivity index (χ1n) is 9.07. The number of hydrogen-bond donors (Lipinski definition) is 1. The summed E-state index contributed by atoms with van der Waals surface area (Å²) in [6, 6.07) is 0.0423. The number of amides is 1. The van der Waals surface area contributed by atoms with E-state index < -0.39 is 0 Å². The van der Waals surface area contributed by atoms with Crippen molar-refractivity contribution in [3.8, 4) is 0 Å². The van der Waals surface area contributed by atoms with Crippen LogP contribution in [-0.4, -0.2) is 29.6 Å². The molecule has 3 nitrogen and oxygen atoms in total. The quantitative estimate of drug-likeness (QED) is 0.725. The third-order valence-corrected chi connectivity index (χ3v) is 5.18. The van der Waals surface area contributed by atoms with Gasteiger partial charge in [-0.15, -0.1) is 0 Å². The molecule has 0 aromatic rings. The highest BCUT2D eigenvalue weighted by Gasteiger charge is 2.43. The van der Waals surface area contributed by atoms with Crippen LogP contribution in [0.3, 0.4) is 0 Å². The van der Waals surface area contributed by atoms with E-state index in [4.69, 9.17) is 0 Å². The average Bonchev–Trinajstić information content (AvgIpc) is 3.02. The maximum Gasteiger partial charge on any atom is 0.241 e. The molecule has 21 heavy (non-hydrogen) atoms. The Morgan fingerprint density at radius 2 is 1.81 bits per heavy atom. The fourth-order valence-electron chi connectivity index (χ4n) is 3.89. The van der Waals surface area contributed by atoms with Crippen molar-refractivity contribution in [1.29, 1.82) is 0 Å². The molecule has 3 heteroatoms. The van der Waals surface area contributed by atoms with E-state index in [-0.39, 0.29) is 6.04 Å². The number of unbranched alkanes of at least 4 members (excludes halogenated alkanes) is 1. The van der Waals surface area contributed by atoms with Crippen LogP contribution in [0, 0.1) is 17.8 Å². The van der Waals surface area contributed by atoms with E-state index in [0.29, 0.717) is 23.9 Å². The van der Waals surface area contributed by atoms with Gasteiger partial charge < -0.3 is 4.90 Å². The highest BCUT2D eigenvalue weighted by atomic mass is 16.2. The van der Waals surface area contributed by atoms with E-state index in [0.717, 1.165) is 18.9 Å². The lowest BCUT2D eigenvalue weighted by Crippen LogP contribution is -2.43. The summed E-state index contributed by atoms with van der Waals surface area (Å²) in [6.07, 6.45) is 9.24.